The minimum atomic E-state index is -1.72. The van der Waals surface area contributed by atoms with E-state index in [2.05, 4.69) is 21.1 Å². The lowest BCUT2D eigenvalue weighted by Crippen LogP contribution is -2.52. The maximum Gasteiger partial charge on any atom is 0.390 e. The van der Waals surface area contributed by atoms with Crippen LogP contribution in [0.5, 0.6) is 0 Å². The molecule has 1 atom stereocenters. The number of rotatable bonds is 4. The second kappa shape index (κ2) is 5.89. The number of ketones is 1. The summed E-state index contributed by atoms with van der Waals surface area (Å²) in [5.41, 5.74) is 1.35. The Morgan fingerprint density at radius 1 is 1.35 bits per heavy atom. The Hall–Kier alpha value is -2.78. The summed E-state index contributed by atoms with van der Waals surface area (Å²) in [6.07, 6.45) is 0. The predicted molar refractivity (Wildman–Crippen MR) is 96.0 cm³/mol. The maximum atomic E-state index is 13.0. The molecular formula is C17H12BrN3O5. The molecule has 0 bridgehead atoms. The molecule has 0 saturated heterocycles. The first-order valence-electron chi connectivity index (χ1n) is 7.77. The molecule has 0 N–H and O–H groups in total. The highest BCUT2D eigenvalue weighted by molar-refractivity contribution is 9.10. The summed E-state index contributed by atoms with van der Waals surface area (Å²) >= 11 is 3.36. The largest absolute Gasteiger partial charge is 0.390 e. The molecular weight excluding hydrogens is 406 g/mol. The minimum Gasteiger partial charge on any atom is -0.327 e. The van der Waals surface area contributed by atoms with Crippen LogP contribution in [0.3, 0.4) is 0 Å². The lowest BCUT2D eigenvalue weighted by atomic mass is 10.1. The molecule has 9 heteroatoms. The van der Waals surface area contributed by atoms with Gasteiger partial charge in [-0.15, -0.1) is 0 Å². The quantitative estimate of drug-likeness (QED) is 0.558. The molecule has 26 heavy (non-hydrogen) atoms. The van der Waals surface area contributed by atoms with Crippen molar-refractivity contribution in [1.29, 1.82) is 0 Å². The zero-order valence-corrected chi connectivity index (χ0v) is 15.1. The zero-order valence-electron chi connectivity index (χ0n) is 13.5. The summed E-state index contributed by atoms with van der Waals surface area (Å²) in [7, 11) is 0. The Balaban J connectivity index is 1.87. The van der Waals surface area contributed by atoms with Crippen LogP contribution in [0.4, 0.5) is 11.4 Å². The summed E-state index contributed by atoms with van der Waals surface area (Å²) < 4.78 is 6.41. The van der Waals surface area contributed by atoms with Crippen molar-refractivity contribution in [1.82, 2.24) is 0 Å². The number of benzene rings is 2. The van der Waals surface area contributed by atoms with Crippen molar-refractivity contribution in [2.75, 3.05) is 11.5 Å². The van der Waals surface area contributed by atoms with Crippen molar-refractivity contribution in [3.8, 4) is 0 Å². The molecule has 0 saturated carbocycles. The Kier molecular flexibility index (Phi) is 3.78. The fourth-order valence-electron chi connectivity index (χ4n) is 3.09. The van der Waals surface area contributed by atoms with Gasteiger partial charge in [0.1, 0.15) is 0 Å². The molecule has 4 rings (SSSR count). The number of amidine groups is 1. The molecule has 0 fully saturated rings. The van der Waals surface area contributed by atoms with Gasteiger partial charge in [-0.1, -0.05) is 33.2 Å². The molecule has 8 nitrogen and oxygen atoms in total. The van der Waals surface area contributed by atoms with E-state index in [1.807, 2.05) is 0 Å². The molecule has 2 aromatic carbocycles. The van der Waals surface area contributed by atoms with Crippen LogP contribution in [0, 0.1) is 10.1 Å². The van der Waals surface area contributed by atoms with Crippen LogP contribution in [0.25, 0.3) is 0 Å². The number of ether oxygens (including phenoxy) is 1. The number of hydrogen-bond acceptors (Lipinski definition) is 7. The Morgan fingerprint density at radius 2 is 2.15 bits per heavy atom. The number of Topliss-reactive ketones (excluding diaryl/α,β-unsaturated/α-hetero) is 1. The van der Waals surface area contributed by atoms with E-state index >= 15 is 0 Å². The smallest absolute Gasteiger partial charge is 0.327 e. The number of non-ortho nitro benzene ring substituents is 1. The SMILES string of the molecule is CCOC12ON=C(c3cccc([N+](=O)[O-])c3)N1c1ccc(Br)cc1C2=O. The lowest BCUT2D eigenvalue weighted by molar-refractivity contribution is -0.384. The van der Waals surface area contributed by atoms with Crippen molar-refractivity contribution in [3.05, 3.63) is 68.2 Å². The molecule has 2 aliphatic rings. The van der Waals surface area contributed by atoms with Crippen LogP contribution >= 0.6 is 15.9 Å². The fourth-order valence-corrected chi connectivity index (χ4v) is 3.45. The second-order valence-electron chi connectivity index (χ2n) is 5.65. The highest BCUT2D eigenvalue weighted by atomic mass is 79.9. The van der Waals surface area contributed by atoms with Crippen molar-refractivity contribution in [2.45, 2.75) is 12.8 Å². The Bertz CT molecular complexity index is 977. The number of halogens is 1. The van der Waals surface area contributed by atoms with Crippen molar-refractivity contribution in [3.63, 3.8) is 0 Å². The monoisotopic (exact) mass is 417 g/mol. The number of nitrogens with zero attached hydrogens (tertiary/aromatic N) is 3. The topological polar surface area (TPSA) is 94.3 Å². The van der Waals surface area contributed by atoms with E-state index in [4.69, 9.17) is 9.57 Å². The molecule has 0 amide bonds. The standard InChI is InChI=1S/C17H12BrN3O5/c1-2-25-17-15(22)13-9-11(18)6-7-14(13)20(17)16(19-26-17)10-4-3-5-12(8-10)21(23)24/h3-9H,2H2,1H3. The van der Waals surface area contributed by atoms with Crippen LogP contribution in [-0.4, -0.2) is 29.1 Å². The summed E-state index contributed by atoms with van der Waals surface area (Å²) in [5, 5.41) is 15.1. The Morgan fingerprint density at radius 3 is 2.88 bits per heavy atom. The molecule has 0 spiro atoms. The van der Waals surface area contributed by atoms with Gasteiger partial charge in [0.2, 0.25) is 0 Å². The van der Waals surface area contributed by atoms with E-state index in [1.54, 1.807) is 42.2 Å². The van der Waals surface area contributed by atoms with E-state index in [-0.39, 0.29) is 23.9 Å². The van der Waals surface area contributed by atoms with Crippen LogP contribution in [0.15, 0.2) is 52.1 Å². The van der Waals surface area contributed by atoms with E-state index < -0.39 is 10.8 Å². The molecule has 0 aromatic heterocycles. The summed E-state index contributed by atoms with van der Waals surface area (Å²) in [5.74, 6) is -1.82. The molecule has 2 aromatic rings. The zero-order chi connectivity index (χ0) is 18.5. The van der Waals surface area contributed by atoms with Crippen LogP contribution in [0.2, 0.25) is 0 Å². The lowest BCUT2D eigenvalue weighted by Gasteiger charge is -2.28. The number of carbonyl (C=O) groups excluding carboxylic acids is 1. The van der Waals surface area contributed by atoms with Crippen LogP contribution in [0.1, 0.15) is 22.8 Å². The predicted octanol–water partition coefficient (Wildman–Crippen LogP) is 3.44. The highest BCUT2D eigenvalue weighted by Crippen LogP contribution is 2.45. The van der Waals surface area contributed by atoms with E-state index in [0.29, 0.717) is 16.8 Å². The maximum absolute atomic E-state index is 13.0. The summed E-state index contributed by atoms with van der Waals surface area (Å²) in [6, 6.07) is 11.2. The van der Waals surface area contributed by atoms with Crippen molar-refractivity contribution in [2.24, 2.45) is 5.16 Å². The molecule has 132 valence electrons. The molecule has 2 aliphatic heterocycles. The highest BCUT2D eigenvalue weighted by Gasteiger charge is 2.61. The average Bonchev–Trinajstić information content (AvgIpc) is 3.11. The molecule has 0 radical (unpaired) electrons. The number of anilines is 1. The van der Waals surface area contributed by atoms with Gasteiger partial charge < -0.3 is 9.57 Å². The molecule has 1 unspecified atom stereocenters. The van der Waals surface area contributed by atoms with Gasteiger partial charge in [0.15, 0.2) is 5.84 Å². The van der Waals surface area contributed by atoms with Crippen molar-refractivity contribution >= 4 is 38.9 Å². The van der Waals surface area contributed by atoms with Crippen LogP contribution < -0.4 is 4.90 Å². The number of oxime groups is 1. The van der Waals surface area contributed by atoms with Gasteiger partial charge in [-0.3, -0.25) is 19.8 Å². The average molecular weight is 418 g/mol. The summed E-state index contributed by atoms with van der Waals surface area (Å²) in [4.78, 5) is 30.6. The van der Waals surface area contributed by atoms with E-state index in [0.717, 1.165) is 4.47 Å². The van der Waals surface area contributed by atoms with E-state index in [9.17, 15) is 14.9 Å². The van der Waals surface area contributed by atoms with Gasteiger partial charge in [0.05, 0.1) is 22.8 Å². The van der Waals surface area contributed by atoms with Gasteiger partial charge in [-0.25, -0.2) is 0 Å². The van der Waals surface area contributed by atoms with Gasteiger partial charge in [0.25, 0.3) is 11.5 Å². The first-order chi connectivity index (χ1) is 12.5. The number of fused-ring (bicyclic) bond motifs is 3. The molecule has 2 heterocycles. The fraction of sp³-hybridized carbons (Fsp3) is 0.176. The third-order valence-electron chi connectivity index (χ3n) is 4.15. The second-order valence-corrected chi connectivity index (χ2v) is 6.57. The van der Waals surface area contributed by atoms with Gasteiger partial charge in [-0.05, 0) is 25.1 Å². The summed E-state index contributed by atoms with van der Waals surface area (Å²) in [6.45, 7) is 1.96. The Labute approximate surface area is 156 Å². The number of carbonyl (C=O) groups is 1. The first-order valence-corrected chi connectivity index (χ1v) is 8.57. The number of hydrogen-bond donors (Lipinski definition) is 0. The van der Waals surface area contributed by atoms with E-state index in [1.165, 1.54) is 12.1 Å². The minimum absolute atomic E-state index is 0.0827. The first kappa shape index (κ1) is 16.7. The number of nitro groups is 1. The van der Waals surface area contributed by atoms with Gasteiger partial charge in [0, 0.05) is 22.2 Å². The molecule has 0 aliphatic carbocycles. The van der Waals surface area contributed by atoms with Crippen LogP contribution in [-0.2, 0) is 9.57 Å². The van der Waals surface area contributed by atoms with Gasteiger partial charge in [-0.2, -0.15) is 0 Å². The normalized spacial score (nSPS) is 20.5. The van der Waals surface area contributed by atoms with Crippen molar-refractivity contribution < 1.29 is 19.3 Å². The number of nitro benzene ring substituents is 1. The third-order valence-corrected chi connectivity index (χ3v) is 4.64. The van der Waals surface area contributed by atoms with Gasteiger partial charge >= 0.3 is 5.91 Å². The third kappa shape index (κ3) is 2.24.